The fourth-order valence-electron chi connectivity index (χ4n) is 1.85. The summed E-state index contributed by atoms with van der Waals surface area (Å²) in [5.74, 6) is 6.46. The number of hydrazone groups is 2. The summed E-state index contributed by atoms with van der Waals surface area (Å²) in [6.45, 7) is 0. The monoisotopic (exact) mass is 320 g/mol. The smallest absolute Gasteiger partial charge is 0.265 e. The van der Waals surface area contributed by atoms with E-state index in [2.05, 4.69) is 31.3 Å². The van der Waals surface area contributed by atoms with E-state index in [9.17, 15) is 0 Å². The first-order valence-corrected chi connectivity index (χ1v) is 7.21. The van der Waals surface area contributed by atoms with Gasteiger partial charge in [-0.3, -0.25) is 0 Å². The Labute approximate surface area is 138 Å². The number of hydrogen-bond acceptors (Lipinski definition) is 7. The van der Waals surface area contributed by atoms with Crippen LogP contribution in [0, 0.1) is 0 Å². The van der Waals surface area contributed by atoms with Gasteiger partial charge in [0, 0.05) is 0 Å². The quantitative estimate of drug-likeness (QED) is 0.365. The Morgan fingerprint density at radius 2 is 1.17 bits per heavy atom. The van der Waals surface area contributed by atoms with Crippen molar-refractivity contribution in [1.29, 1.82) is 0 Å². The number of nitrogen functional groups attached to an aromatic ring is 1. The van der Waals surface area contributed by atoms with Crippen molar-refractivity contribution >= 4 is 24.3 Å². The standard InChI is InChI=1S/C16H16N8/c17-24-15(20-18-11-13-7-3-1-4-8-13)22-23-16(24)21-19-12-14-9-5-2-6-10-14/h1-12H,17H2,(H,20,22)(H,21,23)/b18-11-,19-12+. The van der Waals surface area contributed by atoms with Gasteiger partial charge in [-0.2, -0.15) is 14.9 Å². The predicted molar refractivity (Wildman–Crippen MR) is 95.5 cm³/mol. The second-order valence-corrected chi connectivity index (χ2v) is 4.78. The largest absolute Gasteiger partial charge is 0.333 e. The maximum absolute atomic E-state index is 5.88. The van der Waals surface area contributed by atoms with Crippen LogP contribution in [-0.4, -0.2) is 27.3 Å². The van der Waals surface area contributed by atoms with E-state index in [0.717, 1.165) is 11.1 Å². The van der Waals surface area contributed by atoms with Crippen LogP contribution in [0.15, 0.2) is 70.9 Å². The van der Waals surface area contributed by atoms with Crippen LogP contribution >= 0.6 is 0 Å². The third-order valence-electron chi connectivity index (χ3n) is 3.05. The molecule has 2 aromatic carbocycles. The molecule has 1 heterocycles. The number of rotatable bonds is 6. The van der Waals surface area contributed by atoms with Crippen molar-refractivity contribution in [2.24, 2.45) is 10.2 Å². The topological polar surface area (TPSA) is 106 Å². The summed E-state index contributed by atoms with van der Waals surface area (Å²) < 4.78 is 1.23. The summed E-state index contributed by atoms with van der Waals surface area (Å²) in [4.78, 5) is 0. The first-order valence-electron chi connectivity index (χ1n) is 7.21. The molecule has 24 heavy (non-hydrogen) atoms. The first kappa shape index (κ1) is 15.2. The lowest BCUT2D eigenvalue weighted by molar-refractivity contribution is 0.981. The molecule has 4 N–H and O–H groups in total. The van der Waals surface area contributed by atoms with E-state index in [4.69, 9.17) is 5.84 Å². The maximum atomic E-state index is 5.88. The van der Waals surface area contributed by atoms with Crippen molar-refractivity contribution in [2.75, 3.05) is 16.7 Å². The molecule has 0 aliphatic heterocycles. The van der Waals surface area contributed by atoms with Gasteiger partial charge in [0.15, 0.2) is 0 Å². The third kappa shape index (κ3) is 3.95. The van der Waals surface area contributed by atoms with Crippen molar-refractivity contribution in [3.8, 4) is 0 Å². The number of nitrogens with two attached hydrogens (primary N) is 1. The number of benzene rings is 2. The SMILES string of the molecule is Nn1c(N/N=C\c2ccccc2)nnc1N/N=C/c1ccccc1. The van der Waals surface area contributed by atoms with Crippen molar-refractivity contribution in [1.82, 2.24) is 14.9 Å². The minimum atomic E-state index is 0.291. The first-order chi connectivity index (χ1) is 11.8. The van der Waals surface area contributed by atoms with Crippen LogP contribution in [0.1, 0.15) is 11.1 Å². The van der Waals surface area contributed by atoms with Crippen LogP contribution in [0.4, 0.5) is 11.9 Å². The Bertz CT molecular complexity index is 755. The lowest BCUT2D eigenvalue weighted by Gasteiger charge is -2.01. The van der Waals surface area contributed by atoms with Crippen LogP contribution in [-0.2, 0) is 0 Å². The van der Waals surface area contributed by atoms with Gasteiger partial charge in [0.2, 0.25) is 0 Å². The van der Waals surface area contributed by atoms with Gasteiger partial charge in [-0.1, -0.05) is 60.7 Å². The van der Waals surface area contributed by atoms with Gasteiger partial charge in [0.1, 0.15) is 0 Å². The highest BCUT2D eigenvalue weighted by Gasteiger charge is 2.07. The van der Waals surface area contributed by atoms with E-state index in [1.54, 1.807) is 12.4 Å². The van der Waals surface area contributed by atoms with Gasteiger partial charge in [-0.05, 0) is 11.1 Å². The lowest BCUT2D eigenvalue weighted by atomic mass is 10.2. The summed E-state index contributed by atoms with van der Waals surface area (Å²) in [7, 11) is 0. The second kappa shape index (κ2) is 7.54. The molecule has 0 aliphatic carbocycles. The molecule has 0 spiro atoms. The van der Waals surface area contributed by atoms with Crippen LogP contribution < -0.4 is 16.7 Å². The van der Waals surface area contributed by atoms with E-state index in [1.165, 1.54) is 4.68 Å². The van der Waals surface area contributed by atoms with Gasteiger partial charge in [0.25, 0.3) is 11.9 Å². The van der Waals surface area contributed by atoms with Crippen molar-refractivity contribution in [3.05, 3.63) is 71.8 Å². The maximum Gasteiger partial charge on any atom is 0.265 e. The molecule has 0 fully saturated rings. The Hall–Kier alpha value is -3.68. The summed E-state index contributed by atoms with van der Waals surface area (Å²) in [6.07, 6.45) is 3.32. The van der Waals surface area contributed by atoms with Gasteiger partial charge in [-0.15, -0.1) is 10.2 Å². The van der Waals surface area contributed by atoms with E-state index in [0.29, 0.717) is 11.9 Å². The fourth-order valence-corrected chi connectivity index (χ4v) is 1.85. The lowest BCUT2D eigenvalue weighted by Crippen LogP contribution is -2.14. The molecular weight excluding hydrogens is 304 g/mol. The Morgan fingerprint density at radius 1 is 0.750 bits per heavy atom. The number of nitrogens with one attached hydrogen (secondary N) is 2. The number of anilines is 2. The highest BCUT2D eigenvalue weighted by Crippen LogP contribution is 2.07. The Morgan fingerprint density at radius 3 is 1.58 bits per heavy atom. The zero-order chi connectivity index (χ0) is 16.6. The predicted octanol–water partition coefficient (Wildman–Crippen LogP) is 1.88. The molecular formula is C16H16N8. The molecule has 8 nitrogen and oxygen atoms in total. The van der Waals surface area contributed by atoms with E-state index in [-0.39, 0.29) is 0 Å². The minimum absolute atomic E-state index is 0.291. The average Bonchev–Trinajstić information content (AvgIpc) is 2.97. The van der Waals surface area contributed by atoms with Gasteiger partial charge in [0.05, 0.1) is 12.4 Å². The minimum Gasteiger partial charge on any atom is -0.333 e. The molecule has 0 saturated carbocycles. The van der Waals surface area contributed by atoms with E-state index < -0.39 is 0 Å². The zero-order valence-corrected chi connectivity index (χ0v) is 12.7. The Kier molecular flexibility index (Phi) is 4.78. The highest BCUT2D eigenvalue weighted by atomic mass is 15.6. The van der Waals surface area contributed by atoms with Crippen molar-refractivity contribution in [3.63, 3.8) is 0 Å². The fraction of sp³-hybridized carbons (Fsp3) is 0. The number of hydrogen-bond donors (Lipinski definition) is 3. The molecule has 3 aromatic rings. The molecule has 1 aromatic heterocycles. The number of aromatic nitrogens is 3. The summed E-state index contributed by atoms with van der Waals surface area (Å²) in [5.41, 5.74) is 7.38. The van der Waals surface area contributed by atoms with Gasteiger partial charge >= 0.3 is 0 Å². The molecule has 0 bridgehead atoms. The summed E-state index contributed by atoms with van der Waals surface area (Å²) in [5, 5.41) is 15.9. The summed E-state index contributed by atoms with van der Waals surface area (Å²) >= 11 is 0. The van der Waals surface area contributed by atoms with Crippen LogP contribution in [0.25, 0.3) is 0 Å². The van der Waals surface area contributed by atoms with Gasteiger partial charge < -0.3 is 5.84 Å². The van der Waals surface area contributed by atoms with Crippen LogP contribution in [0.3, 0.4) is 0 Å². The van der Waals surface area contributed by atoms with Crippen molar-refractivity contribution < 1.29 is 0 Å². The molecule has 8 heteroatoms. The van der Waals surface area contributed by atoms with Crippen LogP contribution in [0.5, 0.6) is 0 Å². The molecule has 120 valence electrons. The Balaban J connectivity index is 1.59. The molecule has 0 atom stereocenters. The molecule has 0 unspecified atom stereocenters. The van der Waals surface area contributed by atoms with E-state index >= 15 is 0 Å². The molecule has 0 saturated heterocycles. The van der Waals surface area contributed by atoms with Crippen LogP contribution in [0.2, 0.25) is 0 Å². The zero-order valence-electron chi connectivity index (χ0n) is 12.7. The molecule has 3 rings (SSSR count). The highest BCUT2D eigenvalue weighted by molar-refractivity contribution is 5.80. The summed E-state index contributed by atoms with van der Waals surface area (Å²) in [6, 6.07) is 19.3. The second-order valence-electron chi connectivity index (χ2n) is 4.78. The molecule has 0 aliphatic rings. The third-order valence-corrected chi connectivity index (χ3v) is 3.05. The van der Waals surface area contributed by atoms with E-state index in [1.807, 2.05) is 60.7 Å². The number of nitrogens with zero attached hydrogens (tertiary/aromatic N) is 5. The molecule has 0 amide bonds. The normalized spacial score (nSPS) is 11.2. The van der Waals surface area contributed by atoms with Gasteiger partial charge in [-0.25, -0.2) is 10.9 Å². The van der Waals surface area contributed by atoms with Crippen molar-refractivity contribution in [2.45, 2.75) is 0 Å². The average molecular weight is 320 g/mol. The molecule has 0 radical (unpaired) electrons.